The Balaban J connectivity index is 2.56. The average Bonchev–Trinajstić information content (AvgIpc) is 2.37. The Bertz CT molecular complexity index is 462. The SMILES string of the molecule is CC(C)CCNC(=O)COc1c(Cl)cccc1CC(C)N. The second kappa shape index (κ2) is 8.90. The van der Waals surface area contributed by atoms with Gasteiger partial charge in [0.25, 0.3) is 5.91 Å². The first-order valence-electron chi connectivity index (χ1n) is 7.32. The topological polar surface area (TPSA) is 64.3 Å². The molecular formula is C16H25ClN2O2. The Hall–Kier alpha value is -1.26. The first kappa shape index (κ1) is 17.8. The highest BCUT2D eigenvalue weighted by atomic mass is 35.5. The van der Waals surface area contributed by atoms with Gasteiger partial charge in [0.2, 0.25) is 0 Å². The number of hydrogen-bond donors (Lipinski definition) is 2. The van der Waals surface area contributed by atoms with E-state index in [0.29, 0.717) is 29.7 Å². The molecule has 0 aliphatic carbocycles. The molecule has 0 heterocycles. The number of rotatable bonds is 8. The Morgan fingerprint density at radius 1 is 1.38 bits per heavy atom. The van der Waals surface area contributed by atoms with Gasteiger partial charge >= 0.3 is 0 Å². The number of hydrogen-bond acceptors (Lipinski definition) is 3. The number of ether oxygens (including phenoxy) is 1. The van der Waals surface area contributed by atoms with Crippen molar-refractivity contribution in [1.82, 2.24) is 5.32 Å². The molecule has 1 rings (SSSR count). The van der Waals surface area contributed by atoms with Crippen LogP contribution in [0.25, 0.3) is 0 Å². The molecule has 118 valence electrons. The fraction of sp³-hybridized carbons (Fsp3) is 0.562. The van der Waals surface area contributed by atoms with Crippen molar-refractivity contribution in [3.63, 3.8) is 0 Å². The second-order valence-electron chi connectivity index (χ2n) is 5.73. The predicted molar refractivity (Wildman–Crippen MR) is 86.8 cm³/mol. The number of benzene rings is 1. The molecule has 1 aromatic rings. The molecular weight excluding hydrogens is 288 g/mol. The van der Waals surface area contributed by atoms with E-state index in [1.54, 1.807) is 6.07 Å². The van der Waals surface area contributed by atoms with Crippen LogP contribution in [0.4, 0.5) is 0 Å². The molecule has 5 heteroatoms. The van der Waals surface area contributed by atoms with Crippen molar-refractivity contribution in [2.24, 2.45) is 11.7 Å². The highest BCUT2D eigenvalue weighted by Gasteiger charge is 2.12. The molecule has 1 atom stereocenters. The molecule has 1 unspecified atom stereocenters. The highest BCUT2D eigenvalue weighted by molar-refractivity contribution is 6.32. The van der Waals surface area contributed by atoms with E-state index >= 15 is 0 Å². The normalized spacial score (nSPS) is 12.3. The maximum absolute atomic E-state index is 11.7. The maximum atomic E-state index is 11.7. The minimum Gasteiger partial charge on any atom is -0.482 e. The molecule has 4 nitrogen and oxygen atoms in total. The zero-order chi connectivity index (χ0) is 15.8. The van der Waals surface area contributed by atoms with E-state index in [-0.39, 0.29) is 18.6 Å². The summed E-state index contributed by atoms with van der Waals surface area (Å²) >= 11 is 6.14. The molecule has 21 heavy (non-hydrogen) atoms. The molecule has 0 aromatic heterocycles. The van der Waals surface area contributed by atoms with E-state index in [4.69, 9.17) is 22.1 Å². The number of nitrogens with one attached hydrogen (secondary N) is 1. The van der Waals surface area contributed by atoms with Gasteiger partial charge in [-0.2, -0.15) is 0 Å². The van der Waals surface area contributed by atoms with Crippen LogP contribution in [0.2, 0.25) is 5.02 Å². The van der Waals surface area contributed by atoms with Gasteiger partial charge < -0.3 is 15.8 Å². The summed E-state index contributed by atoms with van der Waals surface area (Å²) in [6.45, 7) is 6.78. The van der Waals surface area contributed by atoms with Crippen LogP contribution in [0.5, 0.6) is 5.75 Å². The van der Waals surface area contributed by atoms with Crippen molar-refractivity contribution in [1.29, 1.82) is 0 Å². The molecule has 0 saturated carbocycles. The molecule has 0 spiro atoms. The summed E-state index contributed by atoms with van der Waals surface area (Å²) in [7, 11) is 0. The Morgan fingerprint density at radius 3 is 2.71 bits per heavy atom. The fourth-order valence-electron chi connectivity index (χ4n) is 1.91. The van der Waals surface area contributed by atoms with Gasteiger partial charge in [0, 0.05) is 12.6 Å². The van der Waals surface area contributed by atoms with Crippen molar-refractivity contribution >= 4 is 17.5 Å². The molecule has 0 aliphatic heterocycles. The second-order valence-corrected chi connectivity index (χ2v) is 6.14. The highest BCUT2D eigenvalue weighted by Crippen LogP contribution is 2.29. The maximum Gasteiger partial charge on any atom is 0.257 e. The minimum atomic E-state index is -0.137. The Morgan fingerprint density at radius 2 is 2.10 bits per heavy atom. The molecule has 0 radical (unpaired) electrons. The van der Waals surface area contributed by atoms with Gasteiger partial charge in [0.15, 0.2) is 6.61 Å². The van der Waals surface area contributed by atoms with Crippen molar-refractivity contribution in [2.75, 3.05) is 13.2 Å². The van der Waals surface area contributed by atoms with Crippen LogP contribution >= 0.6 is 11.6 Å². The molecule has 0 bridgehead atoms. The smallest absolute Gasteiger partial charge is 0.257 e. The van der Waals surface area contributed by atoms with Gasteiger partial charge in [-0.05, 0) is 37.3 Å². The fourth-order valence-corrected chi connectivity index (χ4v) is 2.16. The van der Waals surface area contributed by atoms with Crippen LogP contribution in [0, 0.1) is 5.92 Å². The molecule has 0 aliphatic rings. The number of para-hydroxylation sites is 1. The van der Waals surface area contributed by atoms with Gasteiger partial charge in [-0.3, -0.25) is 4.79 Å². The zero-order valence-corrected chi connectivity index (χ0v) is 13.7. The largest absolute Gasteiger partial charge is 0.482 e. The van der Waals surface area contributed by atoms with Crippen molar-refractivity contribution < 1.29 is 9.53 Å². The predicted octanol–water partition coefficient (Wildman–Crippen LogP) is 2.77. The number of amides is 1. The molecule has 3 N–H and O–H groups in total. The Labute approximate surface area is 132 Å². The zero-order valence-electron chi connectivity index (χ0n) is 13.0. The van der Waals surface area contributed by atoms with Gasteiger partial charge in [-0.25, -0.2) is 0 Å². The van der Waals surface area contributed by atoms with Crippen LogP contribution in [0.15, 0.2) is 18.2 Å². The lowest BCUT2D eigenvalue weighted by atomic mass is 10.1. The van der Waals surface area contributed by atoms with Crippen LogP contribution in [-0.4, -0.2) is 25.1 Å². The van der Waals surface area contributed by atoms with E-state index in [0.717, 1.165) is 12.0 Å². The summed E-state index contributed by atoms with van der Waals surface area (Å²) in [5.74, 6) is 0.977. The monoisotopic (exact) mass is 312 g/mol. The quantitative estimate of drug-likeness (QED) is 0.776. The number of nitrogens with two attached hydrogens (primary N) is 1. The molecule has 0 saturated heterocycles. The summed E-state index contributed by atoms with van der Waals surface area (Å²) in [4.78, 5) is 11.7. The van der Waals surface area contributed by atoms with E-state index in [9.17, 15) is 4.79 Å². The summed E-state index contributed by atoms with van der Waals surface area (Å²) < 4.78 is 5.59. The lowest BCUT2D eigenvalue weighted by molar-refractivity contribution is -0.123. The lowest BCUT2D eigenvalue weighted by Gasteiger charge is -2.14. The summed E-state index contributed by atoms with van der Waals surface area (Å²) in [6.07, 6.45) is 1.61. The van der Waals surface area contributed by atoms with Crippen LogP contribution in [0.1, 0.15) is 32.8 Å². The van der Waals surface area contributed by atoms with Crippen LogP contribution in [-0.2, 0) is 11.2 Å². The first-order chi connectivity index (χ1) is 9.90. The van der Waals surface area contributed by atoms with E-state index in [2.05, 4.69) is 19.2 Å². The molecule has 1 amide bonds. The van der Waals surface area contributed by atoms with Crippen molar-refractivity contribution in [3.05, 3.63) is 28.8 Å². The Kier molecular flexibility index (Phi) is 7.54. The molecule has 0 fully saturated rings. The number of carbonyl (C=O) groups is 1. The average molecular weight is 313 g/mol. The van der Waals surface area contributed by atoms with Crippen LogP contribution < -0.4 is 15.8 Å². The minimum absolute atomic E-state index is 0.00526. The van der Waals surface area contributed by atoms with Gasteiger partial charge in [-0.1, -0.05) is 37.6 Å². The third-order valence-corrected chi connectivity index (χ3v) is 3.28. The van der Waals surface area contributed by atoms with E-state index in [1.165, 1.54) is 0 Å². The summed E-state index contributed by atoms with van der Waals surface area (Å²) in [5.41, 5.74) is 6.74. The van der Waals surface area contributed by atoms with Gasteiger partial charge in [0.05, 0.1) is 5.02 Å². The first-order valence-corrected chi connectivity index (χ1v) is 7.70. The van der Waals surface area contributed by atoms with E-state index < -0.39 is 0 Å². The number of carbonyl (C=O) groups excluding carboxylic acids is 1. The summed E-state index contributed by atoms with van der Waals surface area (Å²) in [5, 5.41) is 3.34. The van der Waals surface area contributed by atoms with E-state index in [1.807, 2.05) is 19.1 Å². The standard InChI is InChI=1S/C16H25ClN2O2/c1-11(2)7-8-19-15(20)10-21-16-13(9-12(3)18)5-4-6-14(16)17/h4-6,11-12H,7-10,18H2,1-3H3,(H,19,20). The van der Waals surface area contributed by atoms with Gasteiger partial charge in [0.1, 0.15) is 5.75 Å². The third-order valence-electron chi connectivity index (χ3n) is 2.98. The number of halogens is 1. The van der Waals surface area contributed by atoms with Crippen molar-refractivity contribution in [3.8, 4) is 5.75 Å². The van der Waals surface area contributed by atoms with Crippen LogP contribution in [0.3, 0.4) is 0 Å². The summed E-state index contributed by atoms with van der Waals surface area (Å²) in [6, 6.07) is 5.53. The van der Waals surface area contributed by atoms with Crippen molar-refractivity contribution in [2.45, 2.75) is 39.7 Å². The molecule has 1 aromatic carbocycles. The lowest BCUT2D eigenvalue weighted by Crippen LogP contribution is -2.30. The third kappa shape index (κ3) is 6.82. The van der Waals surface area contributed by atoms with Gasteiger partial charge in [-0.15, -0.1) is 0 Å².